The Hall–Kier alpha value is -0.910. The maximum atomic E-state index is 10.3. The number of nitrogens with zero attached hydrogens (tertiary/aromatic N) is 3. The lowest BCUT2D eigenvalue weighted by molar-refractivity contribution is -0.391. The van der Waals surface area contributed by atoms with Gasteiger partial charge in [-0.25, -0.2) is 9.55 Å². The molecule has 0 radical (unpaired) electrons. The van der Waals surface area contributed by atoms with E-state index in [0.717, 1.165) is 0 Å². The van der Waals surface area contributed by atoms with E-state index in [-0.39, 0.29) is 5.82 Å². The van der Waals surface area contributed by atoms with Crippen LogP contribution in [-0.4, -0.2) is 14.5 Å². The number of rotatable bonds is 2. The fourth-order valence-electron chi connectivity index (χ4n) is 0.731. The minimum Gasteiger partial charge on any atom is -0.358 e. The van der Waals surface area contributed by atoms with E-state index in [4.69, 9.17) is 0 Å². The van der Waals surface area contributed by atoms with Crippen molar-refractivity contribution in [2.24, 2.45) is 7.05 Å². The van der Waals surface area contributed by atoms with Gasteiger partial charge in [-0.05, 0) is 4.92 Å². The van der Waals surface area contributed by atoms with Crippen LogP contribution in [0.5, 0.6) is 0 Å². The molecule has 0 aliphatic heterocycles. The van der Waals surface area contributed by atoms with Crippen LogP contribution in [-0.2, 0) is 12.4 Å². The highest BCUT2D eigenvalue weighted by Gasteiger charge is 2.14. The van der Waals surface area contributed by atoms with Crippen molar-refractivity contribution in [2.75, 3.05) is 0 Å². The Bertz CT molecular complexity index is 283. The van der Waals surface area contributed by atoms with E-state index in [2.05, 4.69) is 20.9 Å². The van der Waals surface area contributed by atoms with Crippen molar-refractivity contribution in [3.63, 3.8) is 0 Å². The zero-order chi connectivity index (χ0) is 8.43. The third-order valence-corrected chi connectivity index (χ3v) is 1.87. The molecule has 0 aromatic carbocycles. The monoisotopic (exact) mass is 219 g/mol. The molecule has 0 fully saturated rings. The van der Waals surface area contributed by atoms with Crippen molar-refractivity contribution >= 4 is 21.7 Å². The molecule has 1 aromatic heterocycles. The molecule has 1 aromatic rings. The average Bonchev–Trinajstić information content (AvgIpc) is 2.30. The van der Waals surface area contributed by atoms with Gasteiger partial charge in [0.05, 0.1) is 12.4 Å². The highest BCUT2D eigenvalue weighted by atomic mass is 79.9. The lowest BCUT2D eigenvalue weighted by Gasteiger charge is -1.93. The van der Waals surface area contributed by atoms with E-state index < -0.39 is 4.92 Å². The van der Waals surface area contributed by atoms with Gasteiger partial charge in [0.15, 0.2) is 0 Å². The summed E-state index contributed by atoms with van der Waals surface area (Å²) in [6.45, 7) is 0. The molecule has 0 saturated heterocycles. The molecule has 11 heavy (non-hydrogen) atoms. The van der Waals surface area contributed by atoms with E-state index >= 15 is 0 Å². The maximum absolute atomic E-state index is 10.3. The molecule has 0 spiro atoms. The molecule has 0 saturated carbocycles. The van der Waals surface area contributed by atoms with Crippen LogP contribution < -0.4 is 0 Å². The number of halogens is 1. The zero-order valence-corrected chi connectivity index (χ0v) is 7.41. The molecule has 6 heteroatoms. The van der Waals surface area contributed by atoms with Gasteiger partial charge in [0.1, 0.15) is 6.20 Å². The SMILES string of the molecule is Cn1c([N+](=O)[O-])cnc1CBr. The van der Waals surface area contributed by atoms with Gasteiger partial charge in [0, 0.05) is 0 Å². The van der Waals surface area contributed by atoms with Crippen LogP contribution in [0.25, 0.3) is 0 Å². The van der Waals surface area contributed by atoms with Crippen LogP contribution in [0.15, 0.2) is 6.20 Å². The van der Waals surface area contributed by atoms with Gasteiger partial charge < -0.3 is 10.1 Å². The second-order valence-electron chi connectivity index (χ2n) is 1.98. The highest BCUT2D eigenvalue weighted by molar-refractivity contribution is 9.08. The fraction of sp³-hybridized carbons (Fsp3) is 0.400. The van der Waals surface area contributed by atoms with Gasteiger partial charge >= 0.3 is 5.82 Å². The Morgan fingerprint density at radius 2 is 2.55 bits per heavy atom. The average molecular weight is 220 g/mol. The normalized spacial score (nSPS) is 10.0. The Labute approximate surface area is 71.3 Å². The van der Waals surface area contributed by atoms with Crippen molar-refractivity contribution < 1.29 is 4.92 Å². The molecule has 0 aliphatic rings. The molecule has 1 heterocycles. The molecule has 0 bridgehead atoms. The molecule has 60 valence electrons. The first-order valence-electron chi connectivity index (χ1n) is 2.87. The Morgan fingerprint density at radius 1 is 1.91 bits per heavy atom. The number of hydrogen-bond donors (Lipinski definition) is 0. The summed E-state index contributed by atoms with van der Waals surface area (Å²) >= 11 is 3.16. The third kappa shape index (κ3) is 1.40. The molecule has 0 atom stereocenters. The lowest BCUT2D eigenvalue weighted by Crippen LogP contribution is -1.99. The van der Waals surface area contributed by atoms with Crippen molar-refractivity contribution in [3.8, 4) is 0 Å². The predicted octanol–water partition coefficient (Wildman–Crippen LogP) is 1.22. The summed E-state index contributed by atoms with van der Waals surface area (Å²) in [7, 11) is 1.61. The minimum atomic E-state index is -0.459. The Morgan fingerprint density at radius 3 is 2.82 bits per heavy atom. The van der Waals surface area contributed by atoms with Crippen molar-refractivity contribution in [2.45, 2.75) is 5.33 Å². The second kappa shape index (κ2) is 3.00. The van der Waals surface area contributed by atoms with Crippen molar-refractivity contribution in [1.82, 2.24) is 9.55 Å². The number of nitro groups is 1. The Balaban J connectivity index is 3.10. The van der Waals surface area contributed by atoms with Crippen LogP contribution in [0, 0.1) is 10.1 Å². The summed E-state index contributed by atoms with van der Waals surface area (Å²) in [6.07, 6.45) is 1.25. The van der Waals surface area contributed by atoms with E-state index in [9.17, 15) is 10.1 Å². The summed E-state index contributed by atoms with van der Waals surface area (Å²) in [4.78, 5) is 13.7. The van der Waals surface area contributed by atoms with E-state index in [1.807, 2.05) is 0 Å². The standard InChI is InChI=1S/C5H6BrN3O2/c1-8-4(2-6)7-3-5(8)9(10)11/h3H,2H2,1H3. The number of hydrogen-bond acceptors (Lipinski definition) is 3. The molecular formula is C5H6BrN3O2. The summed E-state index contributed by atoms with van der Waals surface area (Å²) in [5, 5.41) is 10.8. The first-order chi connectivity index (χ1) is 5.16. The van der Waals surface area contributed by atoms with Crippen LogP contribution in [0.3, 0.4) is 0 Å². The molecule has 0 N–H and O–H groups in total. The first-order valence-corrected chi connectivity index (χ1v) is 4.00. The molecule has 1 rings (SSSR count). The van der Waals surface area contributed by atoms with Crippen molar-refractivity contribution in [1.29, 1.82) is 0 Å². The largest absolute Gasteiger partial charge is 0.358 e. The van der Waals surface area contributed by atoms with Gasteiger partial charge in [-0.15, -0.1) is 0 Å². The van der Waals surface area contributed by atoms with Crippen molar-refractivity contribution in [3.05, 3.63) is 22.1 Å². The molecule has 0 aliphatic carbocycles. The smallest absolute Gasteiger partial charge is 0.342 e. The summed E-state index contributed by atoms with van der Waals surface area (Å²) in [5.74, 6) is 0.663. The van der Waals surface area contributed by atoms with Crippen LogP contribution >= 0.6 is 15.9 Å². The van der Waals surface area contributed by atoms with Crippen LogP contribution in [0.2, 0.25) is 0 Å². The first kappa shape index (κ1) is 8.19. The summed E-state index contributed by atoms with van der Waals surface area (Å²) in [6, 6.07) is 0. The van der Waals surface area contributed by atoms with Crippen LogP contribution in [0.4, 0.5) is 5.82 Å². The van der Waals surface area contributed by atoms with Crippen LogP contribution in [0.1, 0.15) is 5.82 Å². The molecule has 5 nitrogen and oxygen atoms in total. The fourth-order valence-corrected chi connectivity index (χ4v) is 1.25. The zero-order valence-electron chi connectivity index (χ0n) is 5.82. The number of imidazole rings is 1. The molecular weight excluding hydrogens is 214 g/mol. The second-order valence-corrected chi connectivity index (χ2v) is 2.54. The summed E-state index contributed by atoms with van der Waals surface area (Å²) in [5.41, 5.74) is 0. The predicted molar refractivity (Wildman–Crippen MR) is 42.5 cm³/mol. The summed E-state index contributed by atoms with van der Waals surface area (Å²) < 4.78 is 1.44. The third-order valence-electron chi connectivity index (χ3n) is 1.37. The van der Waals surface area contributed by atoms with Gasteiger partial charge in [0.25, 0.3) is 0 Å². The quantitative estimate of drug-likeness (QED) is 0.427. The topological polar surface area (TPSA) is 61.0 Å². The highest BCUT2D eigenvalue weighted by Crippen LogP contribution is 2.13. The number of alkyl halides is 1. The van der Waals surface area contributed by atoms with E-state index in [0.29, 0.717) is 11.2 Å². The lowest BCUT2D eigenvalue weighted by atomic mass is 10.7. The van der Waals surface area contributed by atoms with Gasteiger partial charge in [0.2, 0.25) is 5.82 Å². The molecule has 0 unspecified atom stereocenters. The molecule has 0 amide bonds. The van der Waals surface area contributed by atoms with Gasteiger partial charge in [-0.1, -0.05) is 15.9 Å². The van der Waals surface area contributed by atoms with Gasteiger partial charge in [-0.3, -0.25) is 0 Å². The maximum Gasteiger partial charge on any atom is 0.342 e. The minimum absolute atomic E-state index is 0.0134. The van der Waals surface area contributed by atoms with Gasteiger partial charge in [-0.2, -0.15) is 0 Å². The number of aromatic nitrogens is 2. The van der Waals surface area contributed by atoms with E-state index in [1.165, 1.54) is 10.8 Å². The van der Waals surface area contributed by atoms with E-state index in [1.54, 1.807) is 7.05 Å². The Kier molecular flexibility index (Phi) is 2.23.